The van der Waals surface area contributed by atoms with Gasteiger partial charge in [-0.2, -0.15) is 0 Å². The van der Waals surface area contributed by atoms with Gasteiger partial charge in [-0.15, -0.1) is 0 Å². The van der Waals surface area contributed by atoms with Crippen molar-refractivity contribution >= 4 is 17.5 Å². The summed E-state index contributed by atoms with van der Waals surface area (Å²) < 4.78 is 0. The number of hydrogen-bond acceptors (Lipinski definition) is 4. The molecule has 0 unspecified atom stereocenters. The van der Waals surface area contributed by atoms with Crippen LogP contribution in [0.5, 0.6) is 5.75 Å². The SMILES string of the molecule is O=C(NCc1ccccc1O)c1cnc(Cl)cn1. The first kappa shape index (κ1) is 12.3. The molecule has 18 heavy (non-hydrogen) atoms. The van der Waals surface area contributed by atoms with Gasteiger partial charge in [-0.25, -0.2) is 9.97 Å². The van der Waals surface area contributed by atoms with E-state index >= 15 is 0 Å². The van der Waals surface area contributed by atoms with E-state index in [1.165, 1.54) is 12.4 Å². The van der Waals surface area contributed by atoms with E-state index in [-0.39, 0.29) is 29.0 Å². The summed E-state index contributed by atoms with van der Waals surface area (Å²) in [6.45, 7) is 0.218. The van der Waals surface area contributed by atoms with Crippen molar-refractivity contribution in [2.24, 2.45) is 0 Å². The minimum absolute atomic E-state index is 0.139. The maximum Gasteiger partial charge on any atom is 0.271 e. The van der Waals surface area contributed by atoms with Crippen LogP contribution in [-0.2, 0) is 6.54 Å². The number of rotatable bonds is 3. The maximum absolute atomic E-state index is 11.7. The van der Waals surface area contributed by atoms with Crippen LogP contribution < -0.4 is 5.32 Å². The largest absolute Gasteiger partial charge is 0.508 e. The number of benzene rings is 1. The second-order valence-electron chi connectivity index (χ2n) is 3.54. The zero-order valence-corrected chi connectivity index (χ0v) is 10.1. The van der Waals surface area contributed by atoms with Crippen LogP contribution in [0.3, 0.4) is 0 Å². The molecule has 0 saturated carbocycles. The summed E-state index contributed by atoms with van der Waals surface area (Å²) >= 11 is 5.57. The molecule has 0 radical (unpaired) electrons. The van der Waals surface area contributed by atoms with Crippen LogP contribution in [0.15, 0.2) is 36.7 Å². The third-order valence-electron chi connectivity index (χ3n) is 2.28. The number of nitrogens with zero attached hydrogens (tertiary/aromatic N) is 2. The predicted molar refractivity (Wildman–Crippen MR) is 66.3 cm³/mol. The van der Waals surface area contributed by atoms with Gasteiger partial charge in [0.2, 0.25) is 0 Å². The lowest BCUT2D eigenvalue weighted by Gasteiger charge is -2.06. The summed E-state index contributed by atoms with van der Waals surface area (Å²) in [5.41, 5.74) is 0.808. The highest BCUT2D eigenvalue weighted by molar-refractivity contribution is 6.29. The Labute approximate surface area is 108 Å². The lowest BCUT2D eigenvalue weighted by atomic mass is 10.2. The Bertz CT molecular complexity index is 558. The summed E-state index contributed by atoms with van der Waals surface area (Å²) in [6, 6.07) is 6.78. The second-order valence-corrected chi connectivity index (χ2v) is 3.92. The Kier molecular flexibility index (Phi) is 3.74. The number of phenols is 1. The van der Waals surface area contributed by atoms with Crippen LogP contribution in [0.1, 0.15) is 16.1 Å². The highest BCUT2D eigenvalue weighted by atomic mass is 35.5. The summed E-state index contributed by atoms with van der Waals surface area (Å²) in [6.07, 6.45) is 2.60. The lowest BCUT2D eigenvalue weighted by Crippen LogP contribution is -2.23. The van der Waals surface area contributed by atoms with E-state index in [2.05, 4.69) is 15.3 Å². The molecular weight excluding hydrogens is 254 g/mol. The Hall–Kier alpha value is -2.14. The molecule has 0 aliphatic rings. The number of amides is 1. The molecule has 0 spiro atoms. The molecule has 2 rings (SSSR count). The number of aromatic nitrogens is 2. The van der Waals surface area contributed by atoms with E-state index in [9.17, 15) is 9.90 Å². The number of carbonyl (C=O) groups excluding carboxylic acids is 1. The lowest BCUT2D eigenvalue weighted by molar-refractivity contribution is 0.0945. The van der Waals surface area contributed by atoms with Crippen LogP contribution >= 0.6 is 11.6 Å². The highest BCUT2D eigenvalue weighted by Gasteiger charge is 2.08. The van der Waals surface area contributed by atoms with Crippen molar-refractivity contribution in [1.29, 1.82) is 0 Å². The van der Waals surface area contributed by atoms with Gasteiger partial charge < -0.3 is 10.4 Å². The van der Waals surface area contributed by atoms with Crippen molar-refractivity contribution < 1.29 is 9.90 Å². The number of hydrogen-bond donors (Lipinski definition) is 2. The summed E-state index contributed by atoms with van der Waals surface area (Å²) in [5.74, 6) is -0.234. The van der Waals surface area contributed by atoms with E-state index in [1.807, 2.05) is 0 Å². The van der Waals surface area contributed by atoms with Crippen molar-refractivity contribution in [2.45, 2.75) is 6.54 Å². The van der Waals surface area contributed by atoms with Gasteiger partial charge >= 0.3 is 0 Å². The topological polar surface area (TPSA) is 75.1 Å². The standard InChI is InChI=1S/C12H10ClN3O2/c13-11-7-14-9(6-15-11)12(18)16-5-8-3-1-2-4-10(8)17/h1-4,6-7,17H,5H2,(H,16,18). The summed E-state index contributed by atoms with van der Waals surface area (Å²) in [5, 5.41) is 12.4. The van der Waals surface area contributed by atoms with Crippen LogP contribution in [-0.4, -0.2) is 21.0 Å². The number of nitrogens with one attached hydrogen (secondary N) is 1. The molecule has 2 aromatic rings. The van der Waals surface area contributed by atoms with Crippen molar-refractivity contribution in [3.63, 3.8) is 0 Å². The molecule has 1 amide bonds. The normalized spacial score (nSPS) is 10.1. The molecule has 0 atom stereocenters. The average Bonchev–Trinajstić information content (AvgIpc) is 2.38. The minimum atomic E-state index is -0.373. The predicted octanol–water partition coefficient (Wildman–Crippen LogP) is 1.77. The molecule has 1 aromatic carbocycles. The Morgan fingerprint density at radius 2 is 2.06 bits per heavy atom. The molecule has 2 N–H and O–H groups in total. The smallest absolute Gasteiger partial charge is 0.271 e. The summed E-state index contributed by atoms with van der Waals surface area (Å²) in [4.78, 5) is 19.3. The van der Waals surface area contributed by atoms with Gasteiger partial charge in [-0.3, -0.25) is 4.79 Å². The van der Waals surface area contributed by atoms with E-state index in [4.69, 9.17) is 11.6 Å². The third kappa shape index (κ3) is 2.95. The Morgan fingerprint density at radius 3 is 2.72 bits per heavy atom. The van der Waals surface area contributed by atoms with Gasteiger partial charge in [0.1, 0.15) is 16.6 Å². The molecule has 0 fully saturated rings. The Morgan fingerprint density at radius 1 is 1.28 bits per heavy atom. The minimum Gasteiger partial charge on any atom is -0.508 e. The van der Waals surface area contributed by atoms with E-state index < -0.39 is 0 Å². The molecular formula is C12H10ClN3O2. The first-order valence-corrected chi connectivity index (χ1v) is 5.57. The fourth-order valence-electron chi connectivity index (χ4n) is 1.36. The van der Waals surface area contributed by atoms with Gasteiger partial charge in [0.25, 0.3) is 5.91 Å². The molecule has 0 bridgehead atoms. The van der Waals surface area contributed by atoms with Gasteiger partial charge in [0.15, 0.2) is 0 Å². The maximum atomic E-state index is 11.7. The number of halogens is 1. The fourth-order valence-corrected chi connectivity index (χ4v) is 1.45. The molecule has 0 aliphatic heterocycles. The zero-order chi connectivity index (χ0) is 13.0. The van der Waals surface area contributed by atoms with E-state index in [1.54, 1.807) is 24.3 Å². The number of aromatic hydroxyl groups is 1. The average molecular weight is 264 g/mol. The van der Waals surface area contributed by atoms with Crippen molar-refractivity contribution in [2.75, 3.05) is 0 Å². The van der Waals surface area contributed by atoms with Crippen molar-refractivity contribution in [3.05, 3.63) is 53.1 Å². The number of carbonyl (C=O) groups is 1. The molecule has 0 saturated heterocycles. The number of para-hydroxylation sites is 1. The monoisotopic (exact) mass is 263 g/mol. The number of phenolic OH excluding ortho intramolecular Hbond substituents is 1. The Balaban J connectivity index is 2.01. The van der Waals surface area contributed by atoms with Gasteiger partial charge in [-0.05, 0) is 6.07 Å². The van der Waals surface area contributed by atoms with Crippen LogP contribution in [0.2, 0.25) is 5.15 Å². The summed E-state index contributed by atoms with van der Waals surface area (Å²) in [7, 11) is 0. The van der Waals surface area contributed by atoms with Crippen molar-refractivity contribution in [3.8, 4) is 5.75 Å². The van der Waals surface area contributed by atoms with Gasteiger partial charge in [-0.1, -0.05) is 29.8 Å². The first-order valence-electron chi connectivity index (χ1n) is 5.19. The molecule has 92 valence electrons. The molecule has 0 aliphatic carbocycles. The highest BCUT2D eigenvalue weighted by Crippen LogP contribution is 2.14. The molecule has 1 aromatic heterocycles. The molecule has 1 heterocycles. The zero-order valence-electron chi connectivity index (χ0n) is 9.30. The van der Waals surface area contributed by atoms with Crippen molar-refractivity contribution in [1.82, 2.24) is 15.3 Å². The van der Waals surface area contributed by atoms with Gasteiger partial charge in [0, 0.05) is 12.1 Å². The molecule has 6 heteroatoms. The third-order valence-corrected chi connectivity index (χ3v) is 2.48. The van der Waals surface area contributed by atoms with E-state index in [0.717, 1.165) is 0 Å². The van der Waals surface area contributed by atoms with Crippen LogP contribution in [0, 0.1) is 0 Å². The fraction of sp³-hybridized carbons (Fsp3) is 0.0833. The second kappa shape index (κ2) is 5.46. The molecule has 5 nitrogen and oxygen atoms in total. The first-order chi connectivity index (χ1) is 8.66. The quantitative estimate of drug-likeness (QED) is 0.885. The van der Waals surface area contributed by atoms with Crippen LogP contribution in [0.25, 0.3) is 0 Å². The van der Waals surface area contributed by atoms with Gasteiger partial charge in [0.05, 0.1) is 12.4 Å². The van der Waals surface area contributed by atoms with Crippen LogP contribution in [0.4, 0.5) is 0 Å². The van der Waals surface area contributed by atoms with E-state index in [0.29, 0.717) is 5.56 Å².